The second-order valence-corrected chi connectivity index (χ2v) is 4.69. The number of pyridine rings is 1. The van der Waals surface area contributed by atoms with Gasteiger partial charge >= 0.3 is 5.97 Å². The topological polar surface area (TPSA) is 56.5 Å². The van der Waals surface area contributed by atoms with Crippen LogP contribution in [-0.2, 0) is 4.74 Å². The average molecular weight is 306 g/mol. The highest BCUT2D eigenvalue weighted by Crippen LogP contribution is 2.27. The Balaban J connectivity index is 2.20. The summed E-state index contributed by atoms with van der Waals surface area (Å²) in [6.07, 6.45) is 1.55. The number of aromatic nitrogens is 3. The number of nitrogens with zero attached hydrogens (tertiary/aromatic N) is 3. The number of ether oxygens (including phenoxy) is 1. The van der Waals surface area contributed by atoms with E-state index in [1.807, 2.05) is 0 Å². The highest BCUT2D eigenvalue weighted by atomic mass is 35.5. The summed E-state index contributed by atoms with van der Waals surface area (Å²) in [5.41, 5.74) is 1.41. The third-order valence-electron chi connectivity index (χ3n) is 3.00. The van der Waals surface area contributed by atoms with Crippen molar-refractivity contribution < 1.29 is 13.9 Å². The van der Waals surface area contributed by atoms with E-state index in [-0.39, 0.29) is 5.02 Å². The summed E-state index contributed by atoms with van der Waals surface area (Å²) in [5, 5.41) is 8.25. The van der Waals surface area contributed by atoms with Gasteiger partial charge in [0.2, 0.25) is 0 Å². The molecule has 0 atom stereocenters. The Hall–Kier alpha value is -2.47. The van der Waals surface area contributed by atoms with Gasteiger partial charge in [0, 0.05) is 11.8 Å². The van der Waals surface area contributed by atoms with Crippen LogP contribution in [0.15, 0.2) is 36.5 Å². The summed E-state index contributed by atoms with van der Waals surface area (Å²) < 4.78 is 19.4. The van der Waals surface area contributed by atoms with Crippen LogP contribution in [0.4, 0.5) is 4.39 Å². The first kappa shape index (κ1) is 13.5. The van der Waals surface area contributed by atoms with Gasteiger partial charge < -0.3 is 4.74 Å². The van der Waals surface area contributed by atoms with E-state index in [2.05, 4.69) is 14.9 Å². The smallest absolute Gasteiger partial charge is 0.339 e. The molecular weight excluding hydrogens is 297 g/mol. The Kier molecular flexibility index (Phi) is 3.31. The first-order valence-electron chi connectivity index (χ1n) is 5.98. The minimum absolute atomic E-state index is 0.216. The maximum absolute atomic E-state index is 13.1. The minimum Gasteiger partial charge on any atom is -0.465 e. The van der Waals surface area contributed by atoms with Crippen molar-refractivity contribution in [2.24, 2.45) is 0 Å². The van der Waals surface area contributed by atoms with Gasteiger partial charge in [-0.3, -0.25) is 4.40 Å². The van der Waals surface area contributed by atoms with E-state index in [0.717, 1.165) is 0 Å². The van der Waals surface area contributed by atoms with Gasteiger partial charge in [-0.15, -0.1) is 10.2 Å². The van der Waals surface area contributed by atoms with Crippen molar-refractivity contribution in [3.63, 3.8) is 0 Å². The second kappa shape index (κ2) is 5.14. The molecule has 0 saturated heterocycles. The number of fused-ring (bicyclic) bond motifs is 1. The van der Waals surface area contributed by atoms with Crippen molar-refractivity contribution in [2.45, 2.75) is 0 Å². The quantitative estimate of drug-likeness (QED) is 0.683. The number of carbonyl (C=O) groups is 1. The molecule has 21 heavy (non-hydrogen) atoms. The van der Waals surface area contributed by atoms with Crippen LogP contribution in [0.25, 0.3) is 17.0 Å². The van der Waals surface area contributed by atoms with Crippen LogP contribution in [0.3, 0.4) is 0 Å². The van der Waals surface area contributed by atoms with Crippen molar-refractivity contribution >= 4 is 23.2 Å². The third-order valence-corrected chi connectivity index (χ3v) is 3.31. The number of esters is 1. The molecule has 2 heterocycles. The number of hydrogen-bond acceptors (Lipinski definition) is 4. The largest absolute Gasteiger partial charge is 0.465 e. The van der Waals surface area contributed by atoms with E-state index in [0.29, 0.717) is 22.6 Å². The standard InChI is InChI=1S/C14H9ClFN3O2/c1-21-14(20)8-2-5-12-17-18-13(19(12)7-8)10-4-3-9(16)6-11(10)15/h2-7H,1H3. The molecule has 5 nitrogen and oxygen atoms in total. The highest BCUT2D eigenvalue weighted by molar-refractivity contribution is 6.33. The lowest BCUT2D eigenvalue weighted by molar-refractivity contribution is 0.0600. The lowest BCUT2D eigenvalue weighted by Gasteiger charge is -2.04. The Morgan fingerprint density at radius 1 is 1.29 bits per heavy atom. The van der Waals surface area contributed by atoms with Gasteiger partial charge in [-0.2, -0.15) is 0 Å². The molecule has 3 aromatic rings. The molecule has 0 amide bonds. The normalized spacial score (nSPS) is 10.8. The Labute approximate surface area is 123 Å². The summed E-state index contributed by atoms with van der Waals surface area (Å²) in [5.74, 6) is -0.490. The first-order chi connectivity index (χ1) is 10.1. The molecule has 7 heteroatoms. The molecule has 0 fully saturated rings. The number of hydrogen-bond donors (Lipinski definition) is 0. The molecule has 0 N–H and O–H groups in total. The van der Waals surface area contributed by atoms with E-state index >= 15 is 0 Å². The zero-order chi connectivity index (χ0) is 15.0. The molecule has 0 aliphatic rings. The molecule has 2 aromatic heterocycles. The van der Waals surface area contributed by atoms with Crippen LogP contribution in [-0.4, -0.2) is 27.7 Å². The number of methoxy groups -OCH3 is 1. The molecule has 0 unspecified atom stereocenters. The number of rotatable bonds is 2. The van der Waals surface area contributed by atoms with E-state index < -0.39 is 11.8 Å². The molecule has 0 aliphatic heterocycles. The van der Waals surface area contributed by atoms with Crippen LogP contribution in [0, 0.1) is 5.82 Å². The van der Waals surface area contributed by atoms with Crippen molar-refractivity contribution in [2.75, 3.05) is 7.11 Å². The fourth-order valence-corrected chi connectivity index (χ4v) is 2.24. The van der Waals surface area contributed by atoms with Gasteiger partial charge in [-0.05, 0) is 30.3 Å². The van der Waals surface area contributed by atoms with Crippen LogP contribution in [0.5, 0.6) is 0 Å². The summed E-state index contributed by atoms with van der Waals surface area (Å²) in [4.78, 5) is 11.6. The third kappa shape index (κ3) is 2.34. The van der Waals surface area contributed by atoms with E-state index in [9.17, 15) is 9.18 Å². The molecule has 0 bridgehead atoms. The molecular formula is C14H9ClFN3O2. The molecule has 0 saturated carbocycles. The lowest BCUT2D eigenvalue weighted by Crippen LogP contribution is -2.03. The fraction of sp³-hybridized carbons (Fsp3) is 0.0714. The predicted molar refractivity (Wildman–Crippen MR) is 74.7 cm³/mol. The molecule has 1 aromatic carbocycles. The second-order valence-electron chi connectivity index (χ2n) is 4.29. The number of benzene rings is 1. The van der Waals surface area contributed by atoms with Gasteiger partial charge in [0.1, 0.15) is 5.82 Å². The van der Waals surface area contributed by atoms with E-state index in [4.69, 9.17) is 11.6 Å². The molecule has 0 aliphatic carbocycles. The number of carbonyl (C=O) groups excluding carboxylic acids is 1. The van der Waals surface area contributed by atoms with Crippen molar-refractivity contribution in [1.29, 1.82) is 0 Å². The molecule has 0 spiro atoms. The Morgan fingerprint density at radius 2 is 2.10 bits per heavy atom. The molecule has 106 valence electrons. The zero-order valence-corrected chi connectivity index (χ0v) is 11.6. The SMILES string of the molecule is COC(=O)c1ccc2nnc(-c3ccc(F)cc3Cl)n2c1. The molecule has 0 radical (unpaired) electrons. The fourth-order valence-electron chi connectivity index (χ4n) is 1.98. The van der Waals surface area contributed by atoms with Crippen molar-refractivity contribution in [3.8, 4) is 11.4 Å². The van der Waals surface area contributed by atoms with Crippen molar-refractivity contribution in [3.05, 3.63) is 52.9 Å². The monoisotopic (exact) mass is 305 g/mol. The Morgan fingerprint density at radius 3 is 2.81 bits per heavy atom. The predicted octanol–water partition coefficient (Wildman–Crippen LogP) is 2.98. The average Bonchev–Trinajstić information content (AvgIpc) is 2.89. The van der Waals surface area contributed by atoms with Gasteiger partial charge in [-0.25, -0.2) is 9.18 Å². The van der Waals surface area contributed by atoms with Crippen LogP contribution in [0.1, 0.15) is 10.4 Å². The summed E-state index contributed by atoms with van der Waals surface area (Å²) in [6.45, 7) is 0. The van der Waals surface area contributed by atoms with E-state index in [1.54, 1.807) is 22.7 Å². The summed E-state index contributed by atoms with van der Waals surface area (Å²) >= 11 is 6.04. The summed E-state index contributed by atoms with van der Waals surface area (Å²) in [7, 11) is 1.30. The zero-order valence-electron chi connectivity index (χ0n) is 10.9. The van der Waals surface area contributed by atoms with Gasteiger partial charge in [0.25, 0.3) is 0 Å². The summed E-state index contributed by atoms with van der Waals surface area (Å²) in [6, 6.07) is 7.22. The Bertz CT molecular complexity index is 847. The van der Waals surface area contributed by atoms with Crippen LogP contribution in [0.2, 0.25) is 5.02 Å². The highest BCUT2D eigenvalue weighted by Gasteiger charge is 2.14. The maximum atomic E-state index is 13.1. The molecule has 3 rings (SSSR count). The van der Waals surface area contributed by atoms with E-state index in [1.165, 1.54) is 25.3 Å². The van der Waals surface area contributed by atoms with Crippen LogP contribution >= 0.6 is 11.6 Å². The number of halogens is 2. The minimum atomic E-state index is -0.471. The first-order valence-corrected chi connectivity index (χ1v) is 6.36. The lowest BCUT2D eigenvalue weighted by atomic mass is 10.2. The van der Waals surface area contributed by atoms with Crippen LogP contribution < -0.4 is 0 Å². The maximum Gasteiger partial charge on any atom is 0.339 e. The van der Waals surface area contributed by atoms with Gasteiger partial charge in [-0.1, -0.05) is 11.6 Å². The van der Waals surface area contributed by atoms with Gasteiger partial charge in [0.05, 0.1) is 17.7 Å². The van der Waals surface area contributed by atoms with Crippen molar-refractivity contribution in [1.82, 2.24) is 14.6 Å². The van der Waals surface area contributed by atoms with Gasteiger partial charge in [0.15, 0.2) is 11.5 Å².